The minimum atomic E-state index is -0.386. The van der Waals surface area contributed by atoms with E-state index in [-0.39, 0.29) is 18.1 Å². The second kappa shape index (κ2) is 9.18. The van der Waals surface area contributed by atoms with Crippen LogP contribution in [0.5, 0.6) is 0 Å². The SMILES string of the molecule is Cc1ccccc1N1CCN(c2nccn3c(=O)n(CC(=O)Nc4ccc(Cl)cc4)nc23)CC1. The summed E-state index contributed by atoms with van der Waals surface area (Å²) in [6.07, 6.45) is 3.17. The standard InChI is InChI=1S/C24H24ClN7O2/c1-17-4-2-3-5-20(17)29-12-14-30(15-13-29)22-23-28-32(24(34)31(23)11-10-26-22)16-21(33)27-19-8-6-18(25)7-9-19/h2-11H,12-16H2,1H3,(H,27,33). The third-order valence-corrected chi connectivity index (χ3v) is 6.19. The first kappa shape index (κ1) is 22.0. The van der Waals surface area contributed by atoms with Gasteiger partial charge in [0.15, 0.2) is 5.82 Å². The first-order chi connectivity index (χ1) is 16.5. The van der Waals surface area contributed by atoms with Crippen molar-refractivity contribution in [2.24, 2.45) is 0 Å². The molecular formula is C24H24ClN7O2. The number of benzene rings is 2. The van der Waals surface area contributed by atoms with Gasteiger partial charge in [0, 0.05) is 55.0 Å². The zero-order valence-corrected chi connectivity index (χ0v) is 19.4. The predicted molar refractivity (Wildman–Crippen MR) is 133 cm³/mol. The maximum atomic E-state index is 12.9. The van der Waals surface area contributed by atoms with Gasteiger partial charge in [-0.1, -0.05) is 29.8 Å². The molecule has 0 spiro atoms. The molecule has 1 N–H and O–H groups in total. The summed E-state index contributed by atoms with van der Waals surface area (Å²) in [5, 5.41) is 7.77. The molecule has 4 aromatic rings. The first-order valence-corrected chi connectivity index (χ1v) is 11.4. The van der Waals surface area contributed by atoms with E-state index in [9.17, 15) is 9.59 Å². The van der Waals surface area contributed by atoms with E-state index in [4.69, 9.17) is 11.6 Å². The molecule has 9 nitrogen and oxygen atoms in total. The van der Waals surface area contributed by atoms with Crippen molar-refractivity contribution in [3.05, 3.63) is 82.0 Å². The minimum Gasteiger partial charge on any atom is -0.368 e. The Hall–Kier alpha value is -3.85. The number of carbonyl (C=O) groups excluding carboxylic acids is 1. The van der Waals surface area contributed by atoms with Gasteiger partial charge in [0.25, 0.3) is 0 Å². The number of nitrogens with zero attached hydrogens (tertiary/aromatic N) is 6. The first-order valence-electron chi connectivity index (χ1n) is 11.0. The second-order valence-electron chi connectivity index (χ2n) is 8.20. The predicted octanol–water partition coefficient (Wildman–Crippen LogP) is 2.82. The van der Waals surface area contributed by atoms with Crippen LogP contribution in [0.25, 0.3) is 5.65 Å². The van der Waals surface area contributed by atoms with Crippen LogP contribution in [0, 0.1) is 6.92 Å². The van der Waals surface area contributed by atoms with Gasteiger partial charge < -0.3 is 15.1 Å². The maximum Gasteiger partial charge on any atom is 0.350 e. The minimum absolute atomic E-state index is 0.205. The van der Waals surface area contributed by atoms with Crippen molar-refractivity contribution in [2.45, 2.75) is 13.5 Å². The largest absolute Gasteiger partial charge is 0.368 e. The van der Waals surface area contributed by atoms with Gasteiger partial charge in [-0.15, -0.1) is 5.10 Å². The van der Waals surface area contributed by atoms with Gasteiger partial charge in [-0.25, -0.2) is 18.9 Å². The van der Waals surface area contributed by atoms with Gasteiger partial charge in [-0.2, -0.15) is 0 Å². The summed E-state index contributed by atoms with van der Waals surface area (Å²) in [7, 11) is 0. The third-order valence-electron chi connectivity index (χ3n) is 5.94. The highest BCUT2D eigenvalue weighted by Gasteiger charge is 2.23. The molecule has 10 heteroatoms. The van der Waals surface area contributed by atoms with E-state index in [0.717, 1.165) is 30.9 Å². The summed E-state index contributed by atoms with van der Waals surface area (Å²) < 4.78 is 2.60. The molecule has 2 aromatic carbocycles. The fourth-order valence-electron chi connectivity index (χ4n) is 4.21. The van der Waals surface area contributed by atoms with Crippen LogP contribution < -0.4 is 20.8 Å². The van der Waals surface area contributed by atoms with Gasteiger partial charge in [0.05, 0.1) is 0 Å². The molecule has 1 aliphatic rings. The highest BCUT2D eigenvalue weighted by atomic mass is 35.5. The molecule has 0 aliphatic carbocycles. The number of hydrogen-bond donors (Lipinski definition) is 1. The Morgan fingerprint density at radius 1 is 1.03 bits per heavy atom. The summed E-state index contributed by atoms with van der Waals surface area (Å²) in [5.41, 5.74) is 3.14. The van der Waals surface area contributed by atoms with Crippen LogP contribution in [-0.2, 0) is 11.3 Å². The van der Waals surface area contributed by atoms with Gasteiger partial charge in [0.1, 0.15) is 6.54 Å². The number of nitrogens with one attached hydrogen (secondary N) is 1. The lowest BCUT2D eigenvalue weighted by Gasteiger charge is -2.37. The molecule has 1 amide bonds. The molecule has 0 atom stereocenters. The van der Waals surface area contributed by atoms with E-state index < -0.39 is 0 Å². The van der Waals surface area contributed by atoms with Crippen LogP contribution in [0.4, 0.5) is 17.2 Å². The fraction of sp³-hybridized carbons (Fsp3) is 0.250. The summed E-state index contributed by atoms with van der Waals surface area (Å²) in [5.74, 6) is 0.287. The highest BCUT2D eigenvalue weighted by molar-refractivity contribution is 6.30. The number of hydrogen-bond acceptors (Lipinski definition) is 6. The number of piperazine rings is 1. The molecule has 1 saturated heterocycles. The summed E-state index contributed by atoms with van der Waals surface area (Å²) in [6.45, 7) is 5.08. The maximum absolute atomic E-state index is 12.9. The summed E-state index contributed by atoms with van der Waals surface area (Å²) >= 11 is 5.89. The fourth-order valence-corrected chi connectivity index (χ4v) is 4.33. The lowest BCUT2D eigenvalue weighted by Crippen LogP contribution is -2.47. The van der Waals surface area contributed by atoms with Crippen LogP contribution in [0.2, 0.25) is 5.02 Å². The Kier molecular flexibility index (Phi) is 5.93. The summed E-state index contributed by atoms with van der Waals surface area (Å²) in [6, 6.07) is 15.1. The number of aryl methyl sites for hydroxylation is 1. The normalized spacial score (nSPS) is 13.9. The molecule has 0 bridgehead atoms. The highest BCUT2D eigenvalue weighted by Crippen LogP contribution is 2.23. The van der Waals surface area contributed by atoms with Crippen LogP contribution in [0.1, 0.15) is 5.56 Å². The molecule has 0 radical (unpaired) electrons. The van der Waals surface area contributed by atoms with E-state index in [1.54, 1.807) is 36.7 Å². The molecule has 3 heterocycles. The molecule has 174 valence electrons. The van der Waals surface area contributed by atoms with Crippen LogP contribution in [0.15, 0.2) is 65.7 Å². The zero-order chi connectivity index (χ0) is 23.7. The topological polar surface area (TPSA) is 87.8 Å². The van der Waals surface area contributed by atoms with Crippen molar-refractivity contribution >= 4 is 40.3 Å². The lowest BCUT2D eigenvalue weighted by atomic mass is 10.1. The van der Waals surface area contributed by atoms with Crippen molar-refractivity contribution in [1.29, 1.82) is 0 Å². The van der Waals surface area contributed by atoms with E-state index in [1.807, 2.05) is 6.07 Å². The van der Waals surface area contributed by atoms with E-state index >= 15 is 0 Å². The number of anilines is 3. The average molecular weight is 478 g/mol. The molecule has 0 saturated carbocycles. The summed E-state index contributed by atoms with van der Waals surface area (Å²) in [4.78, 5) is 34.4. The quantitative estimate of drug-likeness (QED) is 0.475. The van der Waals surface area contributed by atoms with E-state index in [0.29, 0.717) is 22.2 Å². The molecule has 1 fully saturated rings. The van der Waals surface area contributed by atoms with Crippen LogP contribution in [-0.4, -0.2) is 51.3 Å². The average Bonchev–Trinajstić information content (AvgIpc) is 3.16. The number of halogens is 1. The Morgan fingerprint density at radius 3 is 2.47 bits per heavy atom. The van der Waals surface area contributed by atoms with Crippen molar-refractivity contribution in [3.63, 3.8) is 0 Å². The van der Waals surface area contributed by atoms with Crippen molar-refractivity contribution in [1.82, 2.24) is 19.2 Å². The number of para-hydroxylation sites is 1. The van der Waals surface area contributed by atoms with Gasteiger partial charge >= 0.3 is 5.69 Å². The van der Waals surface area contributed by atoms with Crippen LogP contribution >= 0.6 is 11.6 Å². The Balaban J connectivity index is 1.33. The number of amides is 1. The molecule has 0 unspecified atom stereocenters. The molecule has 34 heavy (non-hydrogen) atoms. The molecule has 1 aliphatic heterocycles. The zero-order valence-electron chi connectivity index (χ0n) is 18.7. The number of carbonyl (C=O) groups is 1. The second-order valence-corrected chi connectivity index (χ2v) is 8.64. The van der Waals surface area contributed by atoms with Gasteiger partial charge in [0.2, 0.25) is 11.6 Å². The Labute approximate surface area is 201 Å². The molecule has 2 aromatic heterocycles. The van der Waals surface area contributed by atoms with Crippen LogP contribution in [0.3, 0.4) is 0 Å². The number of aromatic nitrogens is 4. The third kappa shape index (κ3) is 4.34. The van der Waals surface area contributed by atoms with Crippen molar-refractivity contribution < 1.29 is 4.79 Å². The number of fused-ring (bicyclic) bond motifs is 1. The lowest BCUT2D eigenvalue weighted by molar-refractivity contribution is -0.117. The van der Waals surface area contributed by atoms with Crippen molar-refractivity contribution in [2.75, 3.05) is 41.3 Å². The Morgan fingerprint density at radius 2 is 1.74 bits per heavy atom. The number of rotatable bonds is 5. The van der Waals surface area contributed by atoms with E-state index in [1.165, 1.54) is 15.7 Å². The Bertz CT molecular complexity index is 1390. The van der Waals surface area contributed by atoms with Gasteiger partial charge in [-0.05, 0) is 42.8 Å². The molecule has 5 rings (SSSR count). The van der Waals surface area contributed by atoms with Crippen molar-refractivity contribution in [3.8, 4) is 0 Å². The molecular weight excluding hydrogens is 454 g/mol. The van der Waals surface area contributed by atoms with Gasteiger partial charge in [-0.3, -0.25) is 4.79 Å². The van der Waals surface area contributed by atoms with E-state index in [2.05, 4.69) is 50.3 Å². The monoisotopic (exact) mass is 477 g/mol. The smallest absolute Gasteiger partial charge is 0.350 e.